The van der Waals surface area contributed by atoms with E-state index in [-0.39, 0.29) is 5.91 Å². The highest BCUT2D eigenvalue weighted by molar-refractivity contribution is 5.95. The van der Waals surface area contributed by atoms with E-state index in [1.54, 1.807) is 0 Å². The maximum atomic E-state index is 11.3. The molecule has 0 unspecified atom stereocenters. The fourth-order valence-corrected chi connectivity index (χ4v) is 1.55. The van der Waals surface area contributed by atoms with Crippen molar-refractivity contribution in [3.8, 4) is 0 Å². The summed E-state index contributed by atoms with van der Waals surface area (Å²) >= 11 is 0. The predicted molar refractivity (Wildman–Crippen MR) is 43.7 cm³/mol. The van der Waals surface area contributed by atoms with E-state index in [0.29, 0.717) is 0 Å². The van der Waals surface area contributed by atoms with Gasteiger partial charge in [0.2, 0.25) is 0 Å². The van der Waals surface area contributed by atoms with Crippen molar-refractivity contribution < 1.29 is 9.36 Å². The second-order valence-electron chi connectivity index (χ2n) is 2.99. The fourth-order valence-electron chi connectivity index (χ4n) is 1.55. The maximum absolute atomic E-state index is 11.3. The highest BCUT2D eigenvalue weighted by atomic mass is 16.1. The second kappa shape index (κ2) is 2.59. The molecule has 1 aromatic heterocycles. The van der Waals surface area contributed by atoms with Gasteiger partial charge < -0.3 is 5.32 Å². The molecule has 0 aromatic carbocycles. The zero-order chi connectivity index (χ0) is 8.55. The first kappa shape index (κ1) is 7.28. The van der Waals surface area contributed by atoms with Gasteiger partial charge in [-0.3, -0.25) is 4.79 Å². The molecule has 0 radical (unpaired) electrons. The molecule has 0 fully saturated rings. The van der Waals surface area contributed by atoms with Gasteiger partial charge in [0.1, 0.15) is 12.6 Å². The van der Waals surface area contributed by atoms with Crippen molar-refractivity contribution in [3.63, 3.8) is 0 Å². The van der Waals surface area contributed by atoms with Gasteiger partial charge in [0.05, 0.1) is 6.42 Å². The smallest absolute Gasteiger partial charge is 0.257 e. The van der Waals surface area contributed by atoms with E-state index in [0.717, 1.165) is 24.2 Å². The standard InChI is InChI=1S/C9H10N2O/c1-11-6-2-3-7-8(11)4-5-10-9(7)12/h2-3,6H,4-5H2,1H3/p+1. The van der Waals surface area contributed by atoms with E-state index in [4.69, 9.17) is 0 Å². The van der Waals surface area contributed by atoms with E-state index in [2.05, 4.69) is 5.32 Å². The Bertz CT molecular complexity index is 333. The molecule has 2 rings (SSSR count). The first-order valence-corrected chi connectivity index (χ1v) is 4.05. The molecule has 2 heterocycles. The number of nitrogens with one attached hydrogen (secondary N) is 1. The van der Waals surface area contributed by atoms with E-state index in [1.807, 2.05) is 29.9 Å². The van der Waals surface area contributed by atoms with Crippen LogP contribution in [0.2, 0.25) is 0 Å². The van der Waals surface area contributed by atoms with Crippen LogP contribution in [0.1, 0.15) is 16.1 Å². The van der Waals surface area contributed by atoms with Crippen molar-refractivity contribution in [2.24, 2.45) is 7.05 Å². The Hall–Kier alpha value is -1.38. The number of amides is 1. The molecule has 1 aromatic rings. The van der Waals surface area contributed by atoms with Crippen LogP contribution >= 0.6 is 0 Å². The minimum atomic E-state index is 0.0486. The SMILES string of the molecule is C[n+]1cccc2c1CCNC2=O. The molecule has 0 saturated carbocycles. The third-order valence-corrected chi connectivity index (χ3v) is 2.20. The molecule has 12 heavy (non-hydrogen) atoms. The summed E-state index contributed by atoms with van der Waals surface area (Å²) in [6.07, 6.45) is 2.90. The van der Waals surface area contributed by atoms with Gasteiger partial charge in [-0.05, 0) is 6.07 Å². The third-order valence-electron chi connectivity index (χ3n) is 2.20. The maximum Gasteiger partial charge on any atom is 0.257 e. The van der Waals surface area contributed by atoms with Crippen molar-refractivity contribution in [1.82, 2.24) is 5.32 Å². The number of pyridine rings is 1. The average molecular weight is 163 g/mol. The molecule has 1 aliphatic rings. The quantitative estimate of drug-likeness (QED) is 0.528. The number of hydrogen-bond donors (Lipinski definition) is 1. The van der Waals surface area contributed by atoms with Gasteiger partial charge >= 0.3 is 0 Å². The van der Waals surface area contributed by atoms with Crippen molar-refractivity contribution >= 4 is 5.91 Å². The monoisotopic (exact) mass is 163 g/mol. The summed E-state index contributed by atoms with van der Waals surface area (Å²) in [4.78, 5) is 11.3. The molecular formula is C9H11N2O+. The second-order valence-corrected chi connectivity index (χ2v) is 2.99. The molecule has 0 saturated heterocycles. The van der Waals surface area contributed by atoms with Crippen LogP contribution in [-0.4, -0.2) is 12.5 Å². The van der Waals surface area contributed by atoms with Gasteiger partial charge in [0.15, 0.2) is 11.9 Å². The number of hydrogen-bond acceptors (Lipinski definition) is 1. The van der Waals surface area contributed by atoms with Crippen LogP contribution in [0, 0.1) is 0 Å². The number of carbonyl (C=O) groups excluding carboxylic acids is 1. The molecule has 3 heteroatoms. The van der Waals surface area contributed by atoms with Gasteiger partial charge in [-0.15, -0.1) is 0 Å². The number of carbonyl (C=O) groups is 1. The van der Waals surface area contributed by atoms with Gasteiger partial charge in [-0.25, -0.2) is 4.57 Å². The molecule has 3 nitrogen and oxygen atoms in total. The number of nitrogens with zero attached hydrogens (tertiary/aromatic N) is 1. The zero-order valence-corrected chi connectivity index (χ0v) is 7.00. The predicted octanol–water partition coefficient (Wildman–Crippen LogP) is -0.203. The van der Waals surface area contributed by atoms with E-state index >= 15 is 0 Å². The average Bonchev–Trinajstić information content (AvgIpc) is 2.07. The van der Waals surface area contributed by atoms with Crippen LogP contribution in [0.4, 0.5) is 0 Å². The summed E-state index contributed by atoms with van der Waals surface area (Å²) in [5, 5.41) is 2.81. The lowest BCUT2D eigenvalue weighted by molar-refractivity contribution is -0.679. The topological polar surface area (TPSA) is 33.0 Å². The van der Waals surface area contributed by atoms with Crippen LogP contribution in [-0.2, 0) is 13.5 Å². The normalized spacial score (nSPS) is 15.2. The summed E-state index contributed by atoms with van der Waals surface area (Å²) in [6.45, 7) is 0.754. The Labute approximate surface area is 71.0 Å². The fraction of sp³-hybridized carbons (Fsp3) is 0.333. The van der Waals surface area contributed by atoms with Crippen LogP contribution < -0.4 is 9.88 Å². The molecule has 1 N–H and O–H groups in total. The number of fused-ring (bicyclic) bond motifs is 1. The molecular weight excluding hydrogens is 152 g/mol. The van der Waals surface area contributed by atoms with Crippen LogP contribution in [0.3, 0.4) is 0 Å². The van der Waals surface area contributed by atoms with Crippen LogP contribution in [0.25, 0.3) is 0 Å². The lowest BCUT2D eigenvalue weighted by atomic mass is 10.1. The lowest BCUT2D eigenvalue weighted by Crippen LogP contribution is -2.43. The summed E-state index contributed by atoms with van der Waals surface area (Å²) in [5.41, 5.74) is 1.94. The summed E-state index contributed by atoms with van der Waals surface area (Å²) in [5.74, 6) is 0.0486. The highest BCUT2D eigenvalue weighted by Gasteiger charge is 2.22. The molecule has 0 spiro atoms. The van der Waals surface area contributed by atoms with Crippen molar-refractivity contribution in [1.29, 1.82) is 0 Å². The first-order chi connectivity index (χ1) is 5.79. The third kappa shape index (κ3) is 0.978. The number of aromatic nitrogens is 1. The van der Waals surface area contributed by atoms with Crippen molar-refractivity contribution in [2.45, 2.75) is 6.42 Å². The van der Waals surface area contributed by atoms with Crippen LogP contribution in [0.5, 0.6) is 0 Å². The lowest BCUT2D eigenvalue weighted by Gasteiger charge is -2.12. The minimum Gasteiger partial charge on any atom is -0.351 e. The van der Waals surface area contributed by atoms with Gasteiger partial charge in [-0.2, -0.15) is 0 Å². The van der Waals surface area contributed by atoms with E-state index < -0.39 is 0 Å². The molecule has 0 atom stereocenters. The summed E-state index contributed by atoms with van der Waals surface area (Å²) in [6, 6.07) is 3.76. The molecule has 1 amide bonds. The van der Waals surface area contributed by atoms with Gasteiger partial charge in [-0.1, -0.05) is 0 Å². The van der Waals surface area contributed by atoms with Gasteiger partial charge in [0.25, 0.3) is 5.91 Å². The largest absolute Gasteiger partial charge is 0.351 e. The number of aryl methyl sites for hydroxylation is 1. The zero-order valence-electron chi connectivity index (χ0n) is 7.00. The molecule has 0 bridgehead atoms. The summed E-state index contributed by atoms with van der Waals surface area (Å²) < 4.78 is 2.01. The Balaban J connectivity index is 2.59. The minimum absolute atomic E-state index is 0.0486. The Morgan fingerprint density at radius 2 is 2.42 bits per heavy atom. The summed E-state index contributed by atoms with van der Waals surface area (Å²) in [7, 11) is 1.97. The van der Waals surface area contributed by atoms with Crippen molar-refractivity contribution in [3.05, 3.63) is 29.6 Å². The molecule has 62 valence electrons. The van der Waals surface area contributed by atoms with E-state index in [1.165, 1.54) is 0 Å². The Morgan fingerprint density at radius 1 is 1.58 bits per heavy atom. The molecule has 0 aliphatic carbocycles. The van der Waals surface area contributed by atoms with Crippen molar-refractivity contribution in [2.75, 3.05) is 6.54 Å². The number of rotatable bonds is 0. The Kier molecular flexibility index (Phi) is 1.57. The Morgan fingerprint density at radius 3 is 3.17 bits per heavy atom. The highest BCUT2D eigenvalue weighted by Crippen LogP contribution is 2.07. The van der Waals surface area contributed by atoms with Crippen LogP contribution in [0.15, 0.2) is 18.3 Å². The first-order valence-electron chi connectivity index (χ1n) is 4.05. The molecule has 1 aliphatic heterocycles. The van der Waals surface area contributed by atoms with E-state index in [9.17, 15) is 4.79 Å². The van der Waals surface area contributed by atoms with Gasteiger partial charge in [0, 0.05) is 12.6 Å².